The summed E-state index contributed by atoms with van der Waals surface area (Å²) in [6, 6.07) is 17.2. The number of carbonyl (C=O) groups is 1. The van der Waals surface area contributed by atoms with Gasteiger partial charge in [0.15, 0.2) is 11.5 Å². The van der Waals surface area contributed by atoms with Crippen molar-refractivity contribution < 1.29 is 14.3 Å². The molecule has 200 valence electrons. The van der Waals surface area contributed by atoms with E-state index in [1.54, 1.807) is 11.8 Å². The summed E-state index contributed by atoms with van der Waals surface area (Å²) in [5.41, 5.74) is 6.96. The van der Waals surface area contributed by atoms with Gasteiger partial charge in [0, 0.05) is 11.4 Å². The maximum Gasteiger partial charge on any atom is 0.255 e. The average molecular weight is 589 g/mol. The van der Waals surface area contributed by atoms with Crippen molar-refractivity contribution >= 4 is 33.5 Å². The van der Waals surface area contributed by atoms with E-state index in [1.807, 2.05) is 82.3 Å². The van der Waals surface area contributed by atoms with Gasteiger partial charge in [-0.3, -0.25) is 4.79 Å². The van der Waals surface area contributed by atoms with Crippen LogP contribution in [0.3, 0.4) is 0 Å². The summed E-state index contributed by atoms with van der Waals surface area (Å²) in [4.78, 5) is 13.8. The number of hydrogen-bond acceptors (Lipinski definition) is 7. The molecule has 0 spiro atoms. The number of fused-ring (bicyclic) bond motifs is 1. The van der Waals surface area contributed by atoms with Gasteiger partial charge in [-0.2, -0.15) is 4.68 Å². The molecule has 3 aromatic carbocycles. The first-order valence-electron chi connectivity index (χ1n) is 12.4. The number of anilines is 2. The largest absolute Gasteiger partial charge is 0.493 e. The fourth-order valence-electron chi connectivity index (χ4n) is 4.64. The highest BCUT2D eigenvalue weighted by atomic mass is 79.9. The molecule has 10 heteroatoms. The Morgan fingerprint density at radius 3 is 2.51 bits per heavy atom. The Bertz CT molecular complexity index is 1580. The molecule has 4 aromatic rings. The summed E-state index contributed by atoms with van der Waals surface area (Å²) in [5.74, 6) is 1.27. The van der Waals surface area contributed by atoms with E-state index < -0.39 is 6.04 Å². The van der Waals surface area contributed by atoms with Gasteiger partial charge < -0.3 is 20.1 Å². The molecule has 39 heavy (non-hydrogen) atoms. The summed E-state index contributed by atoms with van der Waals surface area (Å²) in [5, 5.41) is 18.4. The quantitative estimate of drug-likeness (QED) is 0.278. The Hall–Kier alpha value is -4.18. The van der Waals surface area contributed by atoms with Crippen molar-refractivity contribution in [2.45, 2.75) is 40.3 Å². The number of hydrogen-bond donors (Lipinski definition) is 2. The molecular weight excluding hydrogens is 560 g/mol. The number of benzene rings is 3. The van der Waals surface area contributed by atoms with Crippen molar-refractivity contribution in [2.24, 2.45) is 0 Å². The number of tetrazole rings is 1. The second-order valence-corrected chi connectivity index (χ2v) is 10.4. The molecule has 5 rings (SSSR count). The van der Waals surface area contributed by atoms with Crippen molar-refractivity contribution in [3.8, 4) is 11.5 Å². The normalized spacial score (nSPS) is 14.5. The lowest BCUT2D eigenvalue weighted by molar-refractivity contribution is -0.113. The van der Waals surface area contributed by atoms with Crippen LogP contribution in [0.4, 0.5) is 11.6 Å². The van der Waals surface area contributed by atoms with Crippen molar-refractivity contribution in [3.63, 3.8) is 0 Å². The third-order valence-corrected chi connectivity index (χ3v) is 7.25. The van der Waals surface area contributed by atoms with Gasteiger partial charge in [0.25, 0.3) is 5.91 Å². The molecule has 9 nitrogen and oxygen atoms in total. The van der Waals surface area contributed by atoms with E-state index in [9.17, 15) is 4.79 Å². The molecule has 2 N–H and O–H groups in total. The van der Waals surface area contributed by atoms with Crippen LogP contribution in [0, 0.1) is 20.8 Å². The minimum Gasteiger partial charge on any atom is -0.493 e. The van der Waals surface area contributed by atoms with Crippen LogP contribution in [0.5, 0.6) is 11.5 Å². The Balaban J connectivity index is 1.51. The van der Waals surface area contributed by atoms with Crippen LogP contribution >= 0.6 is 15.9 Å². The third-order valence-electron chi connectivity index (χ3n) is 6.66. The summed E-state index contributed by atoms with van der Waals surface area (Å²) in [7, 11) is 1.59. The molecule has 0 radical (unpaired) electrons. The molecule has 0 aliphatic carbocycles. The first-order valence-corrected chi connectivity index (χ1v) is 13.2. The Morgan fingerprint density at radius 1 is 1.05 bits per heavy atom. The highest BCUT2D eigenvalue weighted by Gasteiger charge is 2.35. The zero-order chi connectivity index (χ0) is 27.7. The Morgan fingerprint density at radius 2 is 1.79 bits per heavy atom. The van der Waals surface area contributed by atoms with Gasteiger partial charge >= 0.3 is 0 Å². The number of rotatable bonds is 7. The minimum atomic E-state index is -0.613. The number of nitrogens with one attached hydrogen (secondary N) is 2. The van der Waals surface area contributed by atoms with Gasteiger partial charge in [0.1, 0.15) is 12.6 Å². The second-order valence-electron chi connectivity index (χ2n) is 9.59. The first kappa shape index (κ1) is 26.4. The topological polar surface area (TPSA) is 103 Å². The number of halogens is 1. The molecule has 0 saturated heterocycles. The van der Waals surface area contributed by atoms with E-state index in [1.165, 1.54) is 5.56 Å². The van der Waals surface area contributed by atoms with Crippen molar-refractivity contribution in [1.82, 2.24) is 20.2 Å². The highest BCUT2D eigenvalue weighted by molar-refractivity contribution is 9.10. The van der Waals surface area contributed by atoms with Gasteiger partial charge in [-0.25, -0.2) is 0 Å². The molecule has 1 aliphatic heterocycles. The van der Waals surface area contributed by atoms with Crippen LogP contribution < -0.4 is 20.1 Å². The maximum absolute atomic E-state index is 13.8. The zero-order valence-corrected chi connectivity index (χ0v) is 24.0. The maximum atomic E-state index is 13.8. The zero-order valence-electron chi connectivity index (χ0n) is 22.4. The summed E-state index contributed by atoms with van der Waals surface area (Å²) >= 11 is 3.67. The van der Waals surface area contributed by atoms with E-state index in [-0.39, 0.29) is 5.91 Å². The standard InChI is InChI=1S/C29H29BrN6O3/c1-16-6-9-20(10-7-16)15-39-27-22(30)13-21(14-24(27)38-5)26-25(19(4)31-29-33-34-35-36(26)29)28(37)32-23-11-8-17(2)12-18(23)3/h6-14,26H,15H2,1-5H3,(H,32,37)(H,31,33,35). The molecule has 1 aromatic heterocycles. The molecule has 0 bridgehead atoms. The van der Waals surface area contributed by atoms with E-state index in [0.717, 1.165) is 27.9 Å². The van der Waals surface area contributed by atoms with E-state index in [2.05, 4.69) is 42.1 Å². The lowest BCUT2D eigenvalue weighted by atomic mass is 9.94. The van der Waals surface area contributed by atoms with E-state index >= 15 is 0 Å². The number of methoxy groups -OCH3 is 1. The summed E-state index contributed by atoms with van der Waals surface area (Å²) in [6.07, 6.45) is 0. The lowest BCUT2D eigenvalue weighted by Gasteiger charge is -2.29. The summed E-state index contributed by atoms with van der Waals surface area (Å²) in [6.45, 7) is 8.25. The summed E-state index contributed by atoms with van der Waals surface area (Å²) < 4.78 is 14.2. The molecule has 1 aliphatic rings. The van der Waals surface area contributed by atoms with Crippen LogP contribution in [0.1, 0.15) is 40.8 Å². The van der Waals surface area contributed by atoms with Crippen LogP contribution in [-0.2, 0) is 11.4 Å². The molecule has 1 amide bonds. The van der Waals surface area contributed by atoms with Crippen molar-refractivity contribution in [2.75, 3.05) is 17.7 Å². The monoisotopic (exact) mass is 588 g/mol. The van der Waals surface area contributed by atoms with Gasteiger partial charge in [-0.1, -0.05) is 52.6 Å². The van der Waals surface area contributed by atoms with Crippen LogP contribution in [0.15, 0.2) is 70.3 Å². The van der Waals surface area contributed by atoms with Crippen molar-refractivity contribution in [3.05, 3.63) is 98.2 Å². The minimum absolute atomic E-state index is 0.257. The number of amides is 1. The highest BCUT2D eigenvalue weighted by Crippen LogP contribution is 2.43. The lowest BCUT2D eigenvalue weighted by Crippen LogP contribution is -2.31. The van der Waals surface area contributed by atoms with Gasteiger partial charge in [-0.05, 0) is 88.9 Å². The van der Waals surface area contributed by atoms with E-state index in [4.69, 9.17) is 9.47 Å². The number of nitrogens with zero attached hydrogens (tertiary/aromatic N) is 4. The predicted octanol–water partition coefficient (Wildman–Crippen LogP) is 5.88. The van der Waals surface area contributed by atoms with Crippen LogP contribution in [0.25, 0.3) is 0 Å². The van der Waals surface area contributed by atoms with Gasteiger partial charge in [-0.15, -0.1) is 0 Å². The number of allylic oxidation sites excluding steroid dienone is 1. The molecular formula is C29H29BrN6O3. The molecule has 1 atom stereocenters. The number of ether oxygens (including phenoxy) is 2. The van der Waals surface area contributed by atoms with Gasteiger partial charge in [0.05, 0.1) is 17.2 Å². The average Bonchev–Trinajstić information content (AvgIpc) is 3.37. The smallest absolute Gasteiger partial charge is 0.255 e. The van der Waals surface area contributed by atoms with Crippen LogP contribution in [-0.4, -0.2) is 33.2 Å². The van der Waals surface area contributed by atoms with Crippen molar-refractivity contribution in [1.29, 1.82) is 0 Å². The number of carbonyl (C=O) groups excluding carboxylic acids is 1. The van der Waals surface area contributed by atoms with E-state index in [0.29, 0.717) is 39.8 Å². The molecule has 1 unspecified atom stereocenters. The number of aryl methyl sites for hydroxylation is 3. The third kappa shape index (κ3) is 5.37. The SMILES string of the molecule is COc1cc(C2C(C(=O)Nc3ccc(C)cc3C)=C(C)Nc3nnnn32)cc(Br)c1OCc1ccc(C)cc1. The molecule has 2 heterocycles. The van der Waals surface area contributed by atoms with Gasteiger partial charge in [0.2, 0.25) is 5.95 Å². The Labute approximate surface area is 235 Å². The number of aromatic nitrogens is 4. The predicted molar refractivity (Wildman–Crippen MR) is 153 cm³/mol. The molecule has 0 fully saturated rings. The molecule has 0 saturated carbocycles. The Kier molecular flexibility index (Phi) is 7.38. The van der Waals surface area contributed by atoms with Crippen LogP contribution in [0.2, 0.25) is 0 Å². The first-order chi connectivity index (χ1) is 18.7. The fraction of sp³-hybridized carbons (Fsp3) is 0.241. The fourth-order valence-corrected chi connectivity index (χ4v) is 5.21. The second kappa shape index (κ2) is 10.9.